The van der Waals surface area contributed by atoms with Crippen molar-refractivity contribution in [1.82, 2.24) is 15.0 Å². The second kappa shape index (κ2) is 7.31. The zero-order valence-corrected chi connectivity index (χ0v) is 16.3. The largest absolute Gasteiger partial charge is 0.462 e. The number of esters is 1. The van der Waals surface area contributed by atoms with Gasteiger partial charge in [-0.15, -0.1) is 0 Å². The number of hydrogen-bond donors (Lipinski definition) is 3. The maximum atomic E-state index is 12.8. The van der Waals surface area contributed by atoms with Gasteiger partial charge in [-0.05, 0) is 56.7 Å². The van der Waals surface area contributed by atoms with E-state index in [1.54, 1.807) is 45.2 Å². The molecule has 0 fully saturated rings. The summed E-state index contributed by atoms with van der Waals surface area (Å²) in [6.45, 7) is 5.47. The number of furan rings is 1. The first-order chi connectivity index (χ1) is 14.0. The van der Waals surface area contributed by atoms with Crippen LogP contribution in [0.15, 0.2) is 41.0 Å². The molecule has 0 aliphatic carbocycles. The standard InChI is InChI=1S/C21H20N4O4/c1-4-28-21(27)17-11(2)18(22-12(17)3)20(26)23-13-7-8-14-15(10-13)25-19(24-14)16-6-5-9-29-16/h5-10,22H,4H2,1-3H3,(H,23,26)(H,24,25). The van der Waals surface area contributed by atoms with Crippen LogP contribution in [0.4, 0.5) is 5.69 Å². The van der Waals surface area contributed by atoms with Crippen molar-refractivity contribution in [3.8, 4) is 11.6 Å². The molecule has 0 spiro atoms. The van der Waals surface area contributed by atoms with E-state index in [4.69, 9.17) is 9.15 Å². The highest BCUT2D eigenvalue weighted by atomic mass is 16.5. The molecule has 1 amide bonds. The van der Waals surface area contributed by atoms with Crippen LogP contribution >= 0.6 is 0 Å². The smallest absolute Gasteiger partial charge is 0.340 e. The lowest BCUT2D eigenvalue weighted by atomic mass is 10.1. The summed E-state index contributed by atoms with van der Waals surface area (Å²) in [7, 11) is 0. The fraction of sp³-hybridized carbons (Fsp3) is 0.190. The average Bonchev–Trinajstić information content (AvgIpc) is 3.40. The van der Waals surface area contributed by atoms with Crippen LogP contribution in [0.25, 0.3) is 22.6 Å². The van der Waals surface area contributed by atoms with Crippen molar-refractivity contribution in [2.75, 3.05) is 11.9 Å². The number of fused-ring (bicyclic) bond motifs is 1. The van der Waals surface area contributed by atoms with Crippen molar-refractivity contribution in [1.29, 1.82) is 0 Å². The molecule has 0 saturated heterocycles. The summed E-state index contributed by atoms with van der Waals surface area (Å²) in [5.41, 5.74) is 3.99. The molecule has 0 atom stereocenters. The molecule has 3 heterocycles. The molecule has 4 rings (SSSR count). The highest BCUT2D eigenvalue weighted by Crippen LogP contribution is 2.24. The van der Waals surface area contributed by atoms with E-state index >= 15 is 0 Å². The van der Waals surface area contributed by atoms with Gasteiger partial charge in [0.25, 0.3) is 5.91 Å². The number of H-pyrrole nitrogens is 2. The molecule has 3 N–H and O–H groups in total. The van der Waals surface area contributed by atoms with Gasteiger partial charge in [0.05, 0.1) is 29.5 Å². The van der Waals surface area contributed by atoms with Gasteiger partial charge in [0.2, 0.25) is 0 Å². The van der Waals surface area contributed by atoms with E-state index < -0.39 is 5.97 Å². The van der Waals surface area contributed by atoms with Crippen LogP contribution in [0.5, 0.6) is 0 Å². The lowest BCUT2D eigenvalue weighted by Gasteiger charge is -2.05. The zero-order chi connectivity index (χ0) is 20.5. The van der Waals surface area contributed by atoms with E-state index in [0.29, 0.717) is 39.8 Å². The van der Waals surface area contributed by atoms with Crippen LogP contribution in [0.3, 0.4) is 0 Å². The highest BCUT2D eigenvalue weighted by Gasteiger charge is 2.23. The molecule has 0 saturated carbocycles. The molecule has 0 aliphatic heterocycles. The first-order valence-corrected chi connectivity index (χ1v) is 9.19. The Bertz CT molecular complexity index is 1200. The SMILES string of the molecule is CCOC(=O)c1c(C)[nH]c(C(=O)Nc2ccc3nc(-c4ccco4)[nH]c3c2)c1C. The molecule has 8 heteroatoms. The Labute approximate surface area is 166 Å². The Morgan fingerprint density at radius 2 is 2.03 bits per heavy atom. The summed E-state index contributed by atoms with van der Waals surface area (Å²) in [5.74, 6) is 0.465. The number of nitrogens with zero attached hydrogens (tertiary/aromatic N) is 1. The number of benzene rings is 1. The first-order valence-electron chi connectivity index (χ1n) is 9.19. The van der Waals surface area contributed by atoms with Crippen LogP contribution in [0.1, 0.15) is 39.0 Å². The third-order valence-corrected chi connectivity index (χ3v) is 4.64. The van der Waals surface area contributed by atoms with Gasteiger partial charge in [0.1, 0.15) is 5.69 Å². The molecule has 29 heavy (non-hydrogen) atoms. The van der Waals surface area contributed by atoms with Crippen LogP contribution in [-0.2, 0) is 4.74 Å². The van der Waals surface area contributed by atoms with Crippen LogP contribution < -0.4 is 5.32 Å². The molecule has 0 bridgehead atoms. The molecule has 0 aliphatic rings. The number of aromatic amines is 2. The van der Waals surface area contributed by atoms with Gasteiger partial charge in [-0.2, -0.15) is 0 Å². The minimum absolute atomic E-state index is 0.272. The van der Waals surface area contributed by atoms with Gasteiger partial charge >= 0.3 is 5.97 Å². The van der Waals surface area contributed by atoms with Gasteiger partial charge in [0.15, 0.2) is 11.6 Å². The number of imidazole rings is 1. The quantitative estimate of drug-likeness (QED) is 0.441. The van der Waals surface area contributed by atoms with Crippen LogP contribution in [0, 0.1) is 13.8 Å². The van der Waals surface area contributed by atoms with E-state index in [1.165, 1.54) is 0 Å². The van der Waals surface area contributed by atoms with E-state index in [-0.39, 0.29) is 12.5 Å². The zero-order valence-electron chi connectivity index (χ0n) is 16.3. The van der Waals surface area contributed by atoms with Crippen molar-refractivity contribution in [3.05, 3.63) is 59.1 Å². The Hall–Kier alpha value is -3.81. The number of anilines is 1. The number of ether oxygens (including phenoxy) is 1. The van der Waals surface area contributed by atoms with Crippen molar-refractivity contribution < 1.29 is 18.7 Å². The fourth-order valence-electron chi connectivity index (χ4n) is 3.30. The number of nitrogens with one attached hydrogen (secondary N) is 3. The molecule has 8 nitrogen and oxygen atoms in total. The normalized spacial score (nSPS) is 11.0. The van der Waals surface area contributed by atoms with Gasteiger partial charge < -0.3 is 24.4 Å². The lowest BCUT2D eigenvalue weighted by Crippen LogP contribution is -2.14. The van der Waals surface area contributed by atoms with Crippen molar-refractivity contribution in [3.63, 3.8) is 0 Å². The number of hydrogen-bond acceptors (Lipinski definition) is 5. The molecule has 0 unspecified atom stereocenters. The monoisotopic (exact) mass is 392 g/mol. The molecule has 148 valence electrons. The van der Waals surface area contributed by atoms with Crippen LogP contribution in [0.2, 0.25) is 0 Å². The molecular weight excluding hydrogens is 372 g/mol. The minimum Gasteiger partial charge on any atom is -0.462 e. The Morgan fingerprint density at radius 3 is 2.76 bits per heavy atom. The number of aromatic nitrogens is 3. The van der Waals surface area contributed by atoms with E-state index in [2.05, 4.69) is 20.3 Å². The molecular formula is C21H20N4O4. The first kappa shape index (κ1) is 18.5. The van der Waals surface area contributed by atoms with Crippen molar-refractivity contribution >= 4 is 28.6 Å². The number of carbonyl (C=O) groups is 2. The summed E-state index contributed by atoms with van der Waals surface area (Å²) >= 11 is 0. The fourth-order valence-corrected chi connectivity index (χ4v) is 3.30. The summed E-state index contributed by atoms with van der Waals surface area (Å²) < 4.78 is 10.4. The van der Waals surface area contributed by atoms with Gasteiger partial charge in [0, 0.05) is 11.4 Å². The van der Waals surface area contributed by atoms with E-state index in [0.717, 1.165) is 11.0 Å². The Morgan fingerprint density at radius 1 is 1.21 bits per heavy atom. The second-order valence-corrected chi connectivity index (χ2v) is 6.59. The maximum Gasteiger partial charge on any atom is 0.340 e. The maximum absolute atomic E-state index is 12.8. The number of amides is 1. The summed E-state index contributed by atoms with van der Waals surface area (Å²) in [5, 5.41) is 2.85. The molecule has 0 radical (unpaired) electrons. The molecule has 1 aromatic carbocycles. The van der Waals surface area contributed by atoms with Gasteiger partial charge in [-0.3, -0.25) is 4.79 Å². The molecule has 3 aromatic heterocycles. The molecule has 4 aromatic rings. The van der Waals surface area contributed by atoms with Gasteiger partial charge in [-0.1, -0.05) is 0 Å². The predicted molar refractivity (Wildman–Crippen MR) is 108 cm³/mol. The van der Waals surface area contributed by atoms with Crippen molar-refractivity contribution in [2.24, 2.45) is 0 Å². The highest BCUT2D eigenvalue weighted by molar-refractivity contribution is 6.07. The van der Waals surface area contributed by atoms with Crippen molar-refractivity contribution in [2.45, 2.75) is 20.8 Å². The third-order valence-electron chi connectivity index (χ3n) is 4.64. The number of carbonyl (C=O) groups excluding carboxylic acids is 2. The number of rotatable bonds is 5. The van der Waals surface area contributed by atoms with Crippen LogP contribution in [-0.4, -0.2) is 33.4 Å². The average molecular weight is 392 g/mol. The topological polar surface area (TPSA) is 113 Å². The number of aryl methyl sites for hydroxylation is 1. The lowest BCUT2D eigenvalue weighted by molar-refractivity contribution is 0.0525. The predicted octanol–water partition coefficient (Wildman–Crippen LogP) is 4.20. The Balaban J connectivity index is 1.59. The summed E-state index contributed by atoms with van der Waals surface area (Å²) in [6, 6.07) is 8.98. The summed E-state index contributed by atoms with van der Waals surface area (Å²) in [4.78, 5) is 35.6. The Kier molecular flexibility index (Phi) is 4.67. The third kappa shape index (κ3) is 3.40. The second-order valence-electron chi connectivity index (χ2n) is 6.59. The van der Waals surface area contributed by atoms with E-state index in [1.807, 2.05) is 12.1 Å². The summed E-state index contributed by atoms with van der Waals surface area (Å²) in [6.07, 6.45) is 1.58. The van der Waals surface area contributed by atoms with Gasteiger partial charge in [-0.25, -0.2) is 9.78 Å². The minimum atomic E-state index is -0.442. The van der Waals surface area contributed by atoms with E-state index in [9.17, 15) is 9.59 Å².